The van der Waals surface area contributed by atoms with Crippen LogP contribution in [0.1, 0.15) is 45.4 Å². The van der Waals surface area contributed by atoms with E-state index in [2.05, 4.69) is 22.0 Å². The first-order valence-electron chi connectivity index (χ1n) is 8.90. The number of nitrogens with zero attached hydrogens (tertiary/aromatic N) is 2. The number of likely N-dealkylation sites (N-methyl/N-ethyl adjacent to an activating group) is 1. The second-order valence-electron chi connectivity index (χ2n) is 7.37. The number of aliphatic hydroxyl groups is 1. The van der Waals surface area contributed by atoms with Crippen molar-refractivity contribution in [2.24, 2.45) is 5.92 Å². The van der Waals surface area contributed by atoms with Gasteiger partial charge in [-0.25, -0.2) is 0 Å². The maximum atomic E-state index is 9.41. The van der Waals surface area contributed by atoms with Gasteiger partial charge in [0.05, 0.1) is 6.61 Å². The minimum atomic E-state index is -0.103. The summed E-state index contributed by atoms with van der Waals surface area (Å²) in [6.45, 7) is 10.1. The van der Waals surface area contributed by atoms with Crippen LogP contribution in [0.2, 0.25) is 0 Å². The third-order valence-electron chi connectivity index (χ3n) is 5.58. The molecule has 4 nitrogen and oxygen atoms in total. The largest absolute Gasteiger partial charge is 0.394 e. The molecule has 0 amide bonds. The van der Waals surface area contributed by atoms with Gasteiger partial charge in [0.25, 0.3) is 0 Å². The van der Waals surface area contributed by atoms with Crippen molar-refractivity contribution in [3.63, 3.8) is 0 Å². The number of hydrogen-bond acceptors (Lipinski definition) is 4. The van der Waals surface area contributed by atoms with E-state index in [0.29, 0.717) is 0 Å². The van der Waals surface area contributed by atoms with E-state index in [9.17, 15) is 5.11 Å². The van der Waals surface area contributed by atoms with E-state index in [1.54, 1.807) is 0 Å². The molecule has 0 aromatic rings. The van der Waals surface area contributed by atoms with Gasteiger partial charge in [-0.05, 0) is 91.1 Å². The summed E-state index contributed by atoms with van der Waals surface area (Å²) in [5.41, 5.74) is -0.103. The Morgan fingerprint density at radius 1 is 1.10 bits per heavy atom. The lowest BCUT2D eigenvalue weighted by molar-refractivity contribution is 0.138. The standard InChI is InChI=1S/C17H35N3O/c1-17(15-21,18-2)8-5-11-19-12-6-16(7-13-19)14-20-9-3-4-10-20/h16,18,21H,3-15H2,1-2H3. The topological polar surface area (TPSA) is 38.7 Å². The van der Waals surface area contributed by atoms with Crippen LogP contribution in [0.3, 0.4) is 0 Å². The van der Waals surface area contributed by atoms with Gasteiger partial charge in [0.1, 0.15) is 0 Å². The molecule has 2 rings (SSSR count). The number of hydrogen-bond donors (Lipinski definition) is 2. The minimum Gasteiger partial charge on any atom is -0.394 e. The molecule has 124 valence electrons. The molecule has 2 heterocycles. The van der Waals surface area contributed by atoms with E-state index in [0.717, 1.165) is 12.3 Å². The first kappa shape index (κ1) is 17.2. The fourth-order valence-corrected chi connectivity index (χ4v) is 3.70. The molecule has 4 heteroatoms. The van der Waals surface area contributed by atoms with Gasteiger partial charge in [-0.1, -0.05) is 0 Å². The van der Waals surface area contributed by atoms with E-state index < -0.39 is 0 Å². The van der Waals surface area contributed by atoms with Crippen molar-refractivity contribution < 1.29 is 5.11 Å². The monoisotopic (exact) mass is 297 g/mol. The molecule has 0 spiro atoms. The number of rotatable bonds is 8. The zero-order chi connectivity index (χ0) is 15.1. The smallest absolute Gasteiger partial charge is 0.0610 e. The molecule has 0 aromatic heterocycles. The normalized spacial score (nSPS) is 25.3. The van der Waals surface area contributed by atoms with Gasteiger partial charge < -0.3 is 20.2 Å². The summed E-state index contributed by atoms with van der Waals surface area (Å²) >= 11 is 0. The molecule has 0 aliphatic carbocycles. The molecule has 2 aliphatic rings. The van der Waals surface area contributed by atoms with Crippen molar-refractivity contribution in [2.45, 2.75) is 51.0 Å². The van der Waals surface area contributed by atoms with Gasteiger partial charge >= 0.3 is 0 Å². The van der Waals surface area contributed by atoms with Crippen LogP contribution in [-0.4, -0.2) is 73.4 Å². The van der Waals surface area contributed by atoms with Crippen molar-refractivity contribution in [2.75, 3.05) is 52.9 Å². The second kappa shape index (κ2) is 8.47. The van der Waals surface area contributed by atoms with Crippen LogP contribution >= 0.6 is 0 Å². The molecule has 0 saturated carbocycles. The van der Waals surface area contributed by atoms with Gasteiger partial charge in [-0.2, -0.15) is 0 Å². The lowest BCUT2D eigenvalue weighted by Gasteiger charge is -2.34. The Kier molecular flexibility index (Phi) is 6.93. The predicted octanol–water partition coefficient (Wildman–Crippen LogP) is 1.54. The van der Waals surface area contributed by atoms with Crippen LogP contribution in [0.15, 0.2) is 0 Å². The lowest BCUT2D eigenvalue weighted by Crippen LogP contribution is -2.44. The number of likely N-dealkylation sites (tertiary alicyclic amines) is 2. The maximum Gasteiger partial charge on any atom is 0.0610 e. The summed E-state index contributed by atoms with van der Waals surface area (Å²) in [6.07, 6.45) is 7.80. The maximum absolute atomic E-state index is 9.41. The van der Waals surface area contributed by atoms with E-state index in [4.69, 9.17) is 0 Å². The molecular formula is C17H35N3O. The van der Waals surface area contributed by atoms with Crippen LogP contribution in [0.4, 0.5) is 0 Å². The highest BCUT2D eigenvalue weighted by atomic mass is 16.3. The average Bonchev–Trinajstić information content (AvgIpc) is 3.02. The van der Waals surface area contributed by atoms with Gasteiger partial charge in [0, 0.05) is 12.1 Å². The highest BCUT2D eigenvalue weighted by molar-refractivity contribution is 4.82. The van der Waals surface area contributed by atoms with Crippen LogP contribution in [-0.2, 0) is 0 Å². The Bertz CT molecular complexity index is 280. The van der Waals surface area contributed by atoms with Crippen LogP contribution < -0.4 is 5.32 Å². The Labute approximate surface area is 130 Å². The number of nitrogens with one attached hydrogen (secondary N) is 1. The quantitative estimate of drug-likeness (QED) is 0.713. The number of piperidine rings is 1. The second-order valence-corrected chi connectivity index (χ2v) is 7.37. The molecule has 0 bridgehead atoms. The molecule has 2 N–H and O–H groups in total. The first-order chi connectivity index (χ1) is 10.1. The Balaban J connectivity index is 1.58. The lowest BCUT2D eigenvalue weighted by atomic mass is 9.94. The summed E-state index contributed by atoms with van der Waals surface area (Å²) < 4.78 is 0. The molecule has 0 aromatic carbocycles. The fraction of sp³-hybridized carbons (Fsp3) is 1.00. The SMILES string of the molecule is CNC(C)(CO)CCCN1CCC(CN2CCCC2)CC1. The van der Waals surface area contributed by atoms with Crippen LogP contribution in [0.25, 0.3) is 0 Å². The molecule has 0 radical (unpaired) electrons. The molecule has 2 saturated heterocycles. The third kappa shape index (κ3) is 5.51. The molecular weight excluding hydrogens is 262 g/mol. The van der Waals surface area contributed by atoms with Gasteiger partial charge in [-0.3, -0.25) is 0 Å². The summed E-state index contributed by atoms with van der Waals surface area (Å²) in [7, 11) is 1.94. The van der Waals surface area contributed by atoms with Crippen molar-refractivity contribution in [1.82, 2.24) is 15.1 Å². The van der Waals surface area contributed by atoms with Crippen molar-refractivity contribution >= 4 is 0 Å². The summed E-state index contributed by atoms with van der Waals surface area (Å²) in [6, 6.07) is 0. The molecule has 21 heavy (non-hydrogen) atoms. The van der Waals surface area contributed by atoms with Crippen LogP contribution in [0.5, 0.6) is 0 Å². The zero-order valence-corrected chi connectivity index (χ0v) is 14.1. The summed E-state index contributed by atoms with van der Waals surface area (Å²) in [4.78, 5) is 5.29. The third-order valence-corrected chi connectivity index (χ3v) is 5.58. The Morgan fingerprint density at radius 3 is 2.33 bits per heavy atom. The van der Waals surface area contributed by atoms with E-state index >= 15 is 0 Å². The van der Waals surface area contributed by atoms with Gasteiger partial charge in [-0.15, -0.1) is 0 Å². The number of aliphatic hydroxyl groups excluding tert-OH is 1. The molecule has 1 unspecified atom stereocenters. The molecule has 2 aliphatic heterocycles. The zero-order valence-electron chi connectivity index (χ0n) is 14.1. The van der Waals surface area contributed by atoms with Crippen molar-refractivity contribution in [3.8, 4) is 0 Å². The average molecular weight is 297 g/mol. The Hall–Kier alpha value is -0.160. The summed E-state index contributed by atoms with van der Waals surface area (Å²) in [5, 5.41) is 12.7. The van der Waals surface area contributed by atoms with Gasteiger partial charge in [0.2, 0.25) is 0 Å². The minimum absolute atomic E-state index is 0.103. The summed E-state index contributed by atoms with van der Waals surface area (Å²) in [5.74, 6) is 0.930. The highest BCUT2D eigenvalue weighted by Crippen LogP contribution is 2.21. The van der Waals surface area contributed by atoms with Crippen molar-refractivity contribution in [1.29, 1.82) is 0 Å². The molecule has 1 atom stereocenters. The van der Waals surface area contributed by atoms with Gasteiger partial charge in [0.15, 0.2) is 0 Å². The first-order valence-corrected chi connectivity index (χ1v) is 8.90. The highest BCUT2D eigenvalue weighted by Gasteiger charge is 2.24. The fourth-order valence-electron chi connectivity index (χ4n) is 3.70. The molecule has 2 fully saturated rings. The van der Waals surface area contributed by atoms with E-state index in [1.165, 1.54) is 71.4 Å². The Morgan fingerprint density at radius 2 is 1.76 bits per heavy atom. The van der Waals surface area contributed by atoms with Crippen molar-refractivity contribution in [3.05, 3.63) is 0 Å². The van der Waals surface area contributed by atoms with E-state index in [1.807, 2.05) is 7.05 Å². The van der Waals surface area contributed by atoms with E-state index in [-0.39, 0.29) is 12.1 Å². The predicted molar refractivity (Wildman–Crippen MR) is 88.6 cm³/mol. The van der Waals surface area contributed by atoms with Crippen LogP contribution in [0, 0.1) is 5.92 Å².